The number of ether oxygens (including phenoxy) is 1. The Morgan fingerprint density at radius 1 is 0.370 bits per heavy atom. The summed E-state index contributed by atoms with van der Waals surface area (Å²) in [5, 5.41) is 23.0. The molecule has 2 unspecified atom stereocenters. The maximum Gasteiger partial charge on any atom is 0.305 e. The van der Waals surface area contributed by atoms with Gasteiger partial charge in [0.05, 0.1) is 25.4 Å². The zero-order valence-corrected chi connectivity index (χ0v) is 49.6. The SMILES string of the molecule is CCCCCCCCC/C=C/C(O)C(CO)NC(=O)CCCCCCCCCCCCCCCCCCCCCCCCCCCCCCCCCCOC(=O)CCCCCCCCCCCCCCCCC. The van der Waals surface area contributed by atoms with Gasteiger partial charge >= 0.3 is 5.97 Å². The second kappa shape index (κ2) is 63.1. The first-order valence-corrected chi connectivity index (χ1v) is 33.5. The van der Waals surface area contributed by atoms with Crippen molar-refractivity contribution in [2.45, 2.75) is 392 Å². The molecule has 0 aliphatic heterocycles. The highest BCUT2D eigenvalue weighted by Gasteiger charge is 2.18. The number of hydrogen-bond acceptors (Lipinski definition) is 5. The van der Waals surface area contributed by atoms with Crippen molar-refractivity contribution in [3.63, 3.8) is 0 Å². The number of nitrogens with one attached hydrogen (secondary N) is 1. The van der Waals surface area contributed by atoms with E-state index in [-0.39, 0.29) is 18.5 Å². The fourth-order valence-corrected chi connectivity index (χ4v) is 10.7. The van der Waals surface area contributed by atoms with Crippen molar-refractivity contribution in [3.05, 3.63) is 12.2 Å². The molecular formula is C67H131NO5. The van der Waals surface area contributed by atoms with Crippen molar-refractivity contribution < 1.29 is 24.5 Å². The smallest absolute Gasteiger partial charge is 0.305 e. The van der Waals surface area contributed by atoms with Crippen LogP contribution in [0, 0.1) is 0 Å². The number of hydrogen-bond donors (Lipinski definition) is 3. The quantitative estimate of drug-likeness (QED) is 0.0320. The minimum atomic E-state index is -0.838. The van der Waals surface area contributed by atoms with Crippen LogP contribution >= 0.6 is 0 Å². The lowest BCUT2D eigenvalue weighted by Gasteiger charge is -2.20. The van der Waals surface area contributed by atoms with E-state index in [0.717, 1.165) is 38.5 Å². The van der Waals surface area contributed by atoms with Gasteiger partial charge in [-0.2, -0.15) is 0 Å². The molecule has 0 fully saturated rings. The number of rotatable bonds is 63. The van der Waals surface area contributed by atoms with E-state index in [2.05, 4.69) is 19.2 Å². The molecule has 73 heavy (non-hydrogen) atoms. The maximum absolute atomic E-state index is 12.4. The summed E-state index contributed by atoms with van der Waals surface area (Å²) >= 11 is 0. The number of allylic oxidation sites excluding steroid dienone is 1. The van der Waals surface area contributed by atoms with Crippen LogP contribution in [-0.4, -0.2) is 47.4 Å². The van der Waals surface area contributed by atoms with Crippen molar-refractivity contribution in [2.24, 2.45) is 0 Å². The Morgan fingerprint density at radius 2 is 0.630 bits per heavy atom. The van der Waals surface area contributed by atoms with Gasteiger partial charge in [0.15, 0.2) is 0 Å². The van der Waals surface area contributed by atoms with Crippen LogP contribution in [0.5, 0.6) is 0 Å². The number of esters is 1. The Bertz CT molecular complexity index is 1100. The Hall–Kier alpha value is -1.40. The molecule has 0 rings (SSSR count). The van der Waals surface area contributed by atoms with Crippen molar-refractivity contribution in [3.8, 4) is 0 Å². The van der Waals surface area contributed by atoms with Crippen LogP contribution in [0.15, 0.2) is 12.2 Å². The van der Waals surface area contributed by atoms with Crippen molar-refractivity contribution in [2.75, 3.05) is 13.2 Å². The molecule has 6 nitrogen and oxygen atoms in total. The largest absolute Gasteiger partial charge is 0.466 e. The van der Waals surface area contributed by atoms with Gasteiger partial charge < -0.3 is 20.3 Å². The minimum absolute atomic E-state index is 0.0244. The fourth-order valence-electron chi connectivity index (χ4n) is 10.7. The van der Waals surface area contributed by atoms with Gasteiger partial charge in [0, 0.05) is 12.8 Å². The zero-order valence-electron chi connectivity index (χ0n) is 49.6. The molecule has 0 aromatic rings. The molecule has 0 bridgehead atoms. The molecule has 434 valence electrons. The van der Waals surface area contributed by atoms with Gasteiger partial charge in [-0.1, -0.05) is 347 Å². The highest BCUT2D eigenvalue weighted by Crippen LogP contribution is 2.19. The molecule has 2 atom stereocenters. The molecule has 6 heteroatoms. The number of carbonyl (C=O) groups excluding carboxylic acids is 2. The number of unbranched alkanes of at least 4 members (excludes halogenated alkanes) is 52. The number of amides is 1. The van der Waals surface area contributed by atoms with Gasteiger partial charge in [0.2, 0.25) is 5.91 Å². The average Bonchev–Trinajstić information content (AvgIpc) is 3.39. The average molecular weight is 1030 g/mol. The monoisotopic (exact) mass is 1030 g/mol. The summed E-state index contributed by atoms with van der Waals surface area (Å²) < 4.78 is 5.50. The van der Waals surface area contributed by atoms with Crippen LogP contribution in [0.25, 0.3) is 0 Å². The van der Waals surface area contributed by atoms with Crippen LogP contribution in [0.3, 0.4) is 0 Å². The van der Waals surface area contributed by atoms with Gasteiger partial charge in [0.25, 0.3) is 0 Å². The molecule has 0 aliphatic rings. The Morgan fingerprint density at radius 3 is 0.932 bits per heavy atom. The maximum atomic E-state index is 12.4. The van der Waals surface area contributed by atoms with Gasteiger partial charge in [0.1, 0.15) is 0 Å². The number of aliphatic hydroxyl groups is 2. The predicted octanol–water partition coefficient (Wildman–Crippen LogP) is 21.2. The lowest BCUT2D eigenvalue weighted by molar-refractivity contribution is -0.143. The second-order valence-corrected chi connectivity index (χ2v) is 23.2. The Labute approximate surface area is 457 Å². The van der Waals surface area contributed by atoms with Gasteiger partial charge in [-0.15, -0.1) is 0 Å². The first-order valence-electron chi connectivity index (χ1n) is 33.5. The second-order valence-electron chi connectivity index (χ2n) is 23.2. The molecule has 1 amide bonds. The molecule has 0 saturated carbocycles. The van der Waals surface area contributed by atoms with E-state index in [0.29, 0.717) is 19.4 Å². The summed E-state index contributed by atoms with van der Waals surface area (Å²) in [6.45, 7) is 4.91. The topological polar surface area (TPSA) is 95.9 Å². The van der Waals surface area contributed by atoms with Crippen molar-refractivity contribution >= 4 is 11.9 Å². The Balaban J connectivity index is 3.28. The fraction of sp³-hybridized carbons (Fsp3) is 0.940. The summed E-state index contributed by atoms with van der Waals surface area (Å²) in [6, 6.07) is -0.621. The lowest BCUT2D eigenvalue weighted by Crippen LogP contribution is -2.45. The molecule has 0 aromatic carbocycles. The van der Waals surface area contributed by atoms with E-state index in [4.69, 9.17) is 4.74 Å². The van der Waals surface area contributed by atoms with E-state index >= 15 is 0 Å². The highest BCUT2D eigenvalue weighted by molar-refractivity contribution is 5.76. The molecular weight excluding hydrogens is 899 g/mol. The normalized spacial score (nSPS) is 12.5. The summed E-state index contributed by atoms with van der Waals surface area (Å²) in [5.41, 5.74) is 0. The summed E-state index contributed by atoms with van der Waals surface area (Å²) in [4.78, 5) is 24.5. The summed E-state index contributed by atoms with van der Waals surface area (Å²) in [7, 11) is 0. The highest BCUT2D eigenvalue weighted by atomic mass is 16.5. The van der Waals surface area contributed by atoms with Crippen molar-refractivity contribution in [1.29, 1.82) is 0 Å². The van der Waals surface area contributed by atoms with E-state index in [9.17, 15) is 19.8 Å². The first kappa shape index (κ1) is 71.6. The first-order chi connectivity index (χ1) is 36.0. The van der Waals surface area contributed by atoms with Crippen molar-refractivity contribution in [1.82, 2.24) is 5.32 Å². The van der Waals surface area contributed by atoms with Crippen LogP contribution in [0.1, 0.15) is 380 Å². The predicted molar refractivity (Wildman–Crippen MR) is 320 cm³/mol. The molecule has 0 heterocycles. The number of carbonyl (C=O) groups is 2. The number of aliphatic hydroxyl groups excluding tert-OH is 2. The summed E-state index contributed by atoms with van der Waals surface area (Å²) in [6.07, 6.45) is 77.3. The van der Waals surface area contributed by atoms with Crippen LogP contribution in [0.2, 0.25) is 0 Å². The molecule has 0 spiro atoms. The van der Waals surface area contributed by atoms with Gasteiger partial charge in [-0.3, -0.25) is 9.59 Å². The van der Waals surface area contributed by atoms with E-state index < -0.39 is 12.1 Å². The van der Waals surface area contributed by atoms with Gasteiger partial charge in [-0.25, -0.2) is 0 Å². The van der Waals surface area contributed by atoms with E-state index in [1.165, 1.54) is 315 Å². The standard InChI is InChI=1S/C67H131NO5/c1-3-5-7-9-11-13-14-15-34-38-41-45-49-53-57-61-67(72)73-62-58-54-50-46-42-39-36-33-31-29-27-25-23-21-19-17-16-18-20-22-24-26-28-30-32-35-37-40-44-48-52-56-60-66(71)68-64(63-69)65(70)59-55-51-47-43-12-10-8-6-4-2/h55,59,64-65,69-70H,3-54,56-58,60-63H2,1-2H3,(H,68,71)/b59-55+. The molecule has 0 radical (unpaired) electrons. The Kier molecular flexibility index (Phi) is 61.9. The van der Waals surface area contributed by atoms with Crippen LogP contribution in [0.4, 0.5) is 0 Å². The molecule has 0 saturated heterocycles. The third-order valence-electron chi connectivity index (χ3n) is 15.8. The zero-order chi connectivity index (χ0) is 52.9. The minimum Gasteiger partial charge on any atom is -0.466 e. The van der Waals surface area contributed by atoms with E-state index in [1.807, 2.05) is 6.08 Å². The third-order valence-corrected chi connectivity index (χ3v) is 15.8. The van der Waals surface area contributed by atoms with E-state index in [1.54, 1.807) is 6.08 Å². The summed E-state index contributed by atoms with van der Waals surface area (Å²) in [5.74, 6) is -0.0400. The molecule has 3 N–H and O–H groups in total. The van der Waals surface area contributed by atoms with Crippen LogP contribution < -0.4 is 5.32 Å². The third kappa shape index (κ3) is 59.7. The molecule has 0 aliphatic carbocycles. The molecule has 0 aromatic heterocycles. The van der Waals surface area contributed by atoms with Gasteiger partial charge in [-0.05, 0) is 32.1 Å². The van der Waals surface area contributed by atoms with Crippen LogP contribution in [-0.2, 0) is 14.3 Å². The lowest BCUT2D eigenvalue weighted by atomic mass is 10.0.